The van der Waals surface area contributed by atoms with Crippen molar-refractivity contribution in [3.63, 3.8) is 0 Å². The Kier molecular flexibility index (Phi) is 2.18. The van der Waals surface area contributed by atoms with E-state index in [0.717, 1.165) is 22.4 Å². The quantitative estimate of drug-likeness (QED) is 0.814. The number of nitrogens with two attached hydrogens (primary N) is 1. The van der Waals surface area contributed by atoms with Gasteiger partial charge < -0.3 is 19.7 Å². The summed E-state index contributed by atoms with van der Waals surface area (Å²) in [5.41, 5.74) is 8.34. The van der Waals surface area contributed by atoms with Crippen molar-refractivity contribution in [3.05, 3.63) is 23.9 Å². The second kappa shape index (κ2) is 3.69. The maximum Gasteiger partial charge on any atom is 0.230 e. The highest BCUT2D eigenvalue weighted by molar-refractivity contribution is 5.80. The molecular weight excluding hydrogens is 220 g/mol. The highest BCUT2D eigenvalue weighted by Crippen LogP contribution is 2.43. The first-order chi connectivity index (χ1) is 8.27. The van der Waals surface area contributed by atoms with Crippen LogP contribution in [0.1, 0.15) is 5.56 Å². The summed E-state index contributed by atoms with van der Waals surface area (Å²) < 4.78 is 16.2. The minimum Gasteiger partial charge on any atom is -0.486 e. The SMILES string of the molecule is Cc1ccc(-c2cnoc2N)c2c1OCCO2. The Morgan fingerprint density at radius 3 is 2.59 bits per heavy atom. The molecule has 2 aromatic rings. The van der Waals surface area contributed by atoms with E-state index < -0.39 is 0 Å². The number of anilines is 1. The van der Waals surface area contributed by atoms with Gasteiger partial charge in [0.1, 0.15) is 13.2 Å². The zero-order chi connectivity index (χ0) is 11.8. The van der Waals surface area contributed by atoms with Crippen molar-refractivity contribution >= 4 is 5.88 Å². The fourth-order valence-electron chi connectivity index (χ4n) is 1.93. The summed E-state index contributed by atoms with van der Waals surface area (Å²) in [6.45, 7) is 3.08. The molecule has 0 aliphatic carbocycles. The third-order valence-corrected chi connectivity index (χ3v) is 2.77. The van der Waals surface area contributed by atoms with Crippen LogP contribution in [-0.4, -0.2) is 18.4 Å². The van der Waals surface area contributed by atoms with Gasteiger partial charge in [-0.2, -0.15) is 0 Å². The van der Waals surface area contributed by atoms with Gasteiger partial charge in [-0.25, -0.2) is 0 Å². The van der Waals surface area contributed by atoms with Crippen LogP contribution in [0.4, 0.5) is 5.88 Å². The van der Waals surface area contributed by atoms with Crippen molar-refractivity contribution < 1.29 is 14.0 Å². The standard InChI is InChI=1S/C12H12N2O3/c1-7-2-3-8(9-6-14-17-12(9)13)11-10(7)15-4-5-16-11/h2-3,6H,4-5,13H2,1H3. The summed E-state index contributed by atoms with van der Waals surface area (Å²) in [7, 11) is 0. The smallest absolute Gasteiger partial charge is 0.230 e. The molecule has 0 radical (unpaired) electrons. The molecule has 5 heteroatoms. The van der Waals surface area contributed by atoms with Gasteiger partial charge in [0.15, 0.2) is 11.5 Å². The molecule has 1 aromatic carbocycles. The molecule has 0 atom stereocenters. The van der Waals surface area contributed by atoms with E-state index in [1.165, 1.54) is 0 Å². The lowest BCUT2D eigenvalue weighted by atomic mass is 10.0. The molecule has 2 N–H and O–H groups in total. The van der Waals surface area contributed by atoms with Crippen molar-refractivity contribution in [3.8, 4) is 22.6 Å². The van der Waals surface area contributed by atoms with Gasteiger partial charge in [0.05, 0.1) is 11.8 Å². The van der Waals surface area contributed by atoms with Crippen LogP contribution < -0.4 is 15.2 Å². The molecule has 88 valence electrons. The van der Waals surface area contributed by atoms with Crippen LogP contribution in [0.5, 0.6) is 11.5 Å². The highest BCUT2D eigenvalue weighted by Gasteiger charge is 2.21. The zero-order valence-corrected chi connectivity index (χ0v) is 9.40. The average Bonchev–Trinajstić information content (AvgIpc) is 2.77. The van der Waals surface area contributed by atoms with E-state index in [-0.39, 0.29) is 5.88 Å². The number of ether oxygens (including phenoxy) is 2. The third-order valence-electron chi connectivity index (χ3n) is 2.77. The first-order valence-corrected chi connectivity index (χ1v) is 5.37. The molecule has 0 spiro atoms. The van der Waals surface area contributed by atoms with Crippen LogP contribution in [-0.2, 0) is 0 Å². The Morgan fingerprint density at radius 2 is 1.88 bits per heavy atom. The summed E-state index contributed by atoms with van der Waals surface area (Å²) in [6, 6.07) is 3.90. The Balaban J connectivity index is 2.21. The van der Waals surface area contributed by atoms with Gasteiger partial charge in [0.25, 0.3) is 0 Å². The van der Waals surface area contributed by atoms with Gasteiger partial charge in [0.2, 0.25) is 5.88 Å². The molecule has 5 nitrogen and oxygen atoms in total. The Hall–Kier alpha value is -2.17. The van der Waals surface area contributed by atoms with Crippen molar-refractivity contribution in [2.75, 3.05) is 18.9 Å². The Bertz CT molecular complexity index is 563. The van der Waals surface area contributed by atoms with Gasteiger partial charge in [-0.1, -0.05) is 11.2 Å². The minimum atomic E-state index is 0.283. The molecule has 0 fully saturated rings. The van der Waals surface area contributed by atoms with E-state index in [1.54, 1.807) is 6.20 Å². The number of nitrogen functional groups attached to an aromatic ring is 1. The molecule has 0 saturated heterocycles. The molecule has 2 heterocycles. The van der Waals surface area contributed by atoms with Crippen LogP contribution in [0.25, 0.3) is 11.1 Å². The van der Waals surface area contributed by atoms with Crippen molar-refractivity contribution in [1.29, 1.82) is 0 Å². The normalized spacial score (nSPS) is 13.7. The van der Waals surface area contributed by atoms with Crippen LogP contribution in [0, 0.1) is 6.92 Å². The molecule has 17 heavy (non-hydrogen) atoms. The fourth-order valence-corrected chi connectivity index (χ4v) is 1.93. The number of hydrogen-bond donors (Lipinski definition) is 1. The lowest BCUT2D eigenvalue weighted by Gasteiger charge is -2.22. The molecule has 3 rings (SSSR count). The number of rotatable bonds is 1. The summed E-state index contributed by atoms with van der Waals surface area (Å²) in [5, 5.41) is 3.67. The summed E-state index contributed by atoms with van der Waals surface area (Å²) in [5.74, 6) is 1.77. The highest BCUT2D eigenvalue weighted by atomic mass is 16.6. The van der Waals surface area contributed by atoms with Crippen molar-refractivity contribution in [2.24, 2.45) is 0 Å². The van der Waals surface area contributed by atoms with E-state index in [1.807, 2.05) is 19.1 Å². The first kappa shape index (κ1) is 10.0. The van der Waals surface area contributed by atoms with E-state index in [0.29, 0.717) is 19.0 Å². The molecule has 0 amide bonds. The van der Waals surface area contributed by atoms with Gasteiger partial charge in [0, 0.05) is 5.56 Å². The second-order valence-electron chi connectivity index (χ2n) is 3.89. The average molecular weight is 232 g/mol. The molecule has 1 aromatic heterocycles. The molecule has 0 saturated carbocycles. The lowest BCUT2D eigenvalue weighted by Crippen LogP contribution is -2.16. The van der Waals surface area contributed by atoms with Crippen LogP contribution in [0.15, 0.2) is 22.9 Å². The summed E-state index contributed by atoms with van der Waals surface area (Å²) in [4.78, 5) is 0. The summed E-state index contributed by atoms with van der Waals surface area (Å²) >= 11 is 0. The molecule has 1 aliphatic heterocycles. The molecule has 0 bridgehead atoms. The number of aromatic nitrogens is 1. The predicted octanol–water partition coefficient (Wildman–Crippen LogP) is 2.00. The summed E-state index contributed by atoms with van der Waals surface area (Å²) in [6.07, 6.45) is 1.58. The van der Waals surface area contributed by atoms with Crippen LogP contribution in [0.2, 0.25) is 0 Å². The van der Waals surface area contributed by atoms with Gasteiger partial charge in [-0.3, -0.25) is 0 Å². The molecule has 0 unspecified atom stereocenters. The van der Waals surface area contributed by atoms with E-state index in [9.17, 15) is 0 Å². The van der Waals surface area contributed by atoms with Crippen LogP contribution >= 0.6 is 0 Å². The third kappa shape index (κ3) is 1.51. The zero-order valence-electron chi connectivity index (χ0n) is 9.40. The number of hydrogen-bond acceptors (Lipinski definition) is 5. The largest absolute Gasteiger partial charge is 0.486 e. The number of fused-ring (bicyclic) bond motifs is 1. The number of nitrogens with zero attached hydrogens (tertiary/aromatic N) is 1. The number of benzene rings is 1. The first-order valence-electron chi connectivity index (χ1n) is 5.37. The second-order valence-corrected chi connectivity index (χ2v) is 3.89. The molecule has 1 aliphatic rings. The van der Waals surface area contributed by atoms with Gasteiger partial charge >= 0.3 is 0 Å². The Morgan fingerprint density at radius 1 is 1.12 bits per heavy atom. The monoisotopic (exact) mass is 232 g/mol. The van der Waals surface area contributed by atoms with Crippen molar-refractivity contribution in [1.82, 2.24) is 5.16 Å². The Labute approximate surface area is 98.1 Å². The molecular formula is C12H12N2O3. The maximum atomic E-state index is 5.72. The topological polar surface area (TPSA) is 70.5 Å². The van der Waals surface area contributed by atoms with Crippen LogP contribution in [0.3, 0.4) is 0 Å². The van der Waals surface area contributed by atoms with E-state index in [4.69, 9.17) is 19.7 Å². The van der Waals surface area contributed by atoms with Crippen molar-refractivity contribution in [2.45, 2.75) is 6.92 Å². The maximum absolute atomic E-state index is 5.72. The number of aryl methyl sites for hydroxylation is 1. The van der Waals surface area contributed by atoms with E-state index in [2.05, 4.69) is 5.16 Å². The fraction of sp³-hybridized carbons (Fsp3) is 0.250. The lowest BCUT2D eigenvalue weighted by molar-refractivity contribution is 0.171. The predicted molar refractivity (Wildman–Crippen MR) is 62.1 cm³/mol. The van der Waals surface area contributed by atoms with Gasteiger partial charge in [-0.05, 0) is 18.6 Å². The van der Waals surface area contributed by atoms with Gasteiger partial charge in [-0.15, -0.1) is 0 Å². The van der Waals surface area contributed by atoms with E-state index >= 15 is 0 Å². The minimum absolute atomic E-state index is 0.283.